The molecule has 2 rings (SSSR count). The SMILES string of the molecule is CSc1nc(C)cc(Oc2ccc(C)c(C)c2)n1. The van der Waals surface area contributed by atoms with Gasteiger partial charge in [0.1, 0.15) is 5.75 Å². The summed E-state index contributed by atoms with van der Waals surface area (Å²) in [7, 11) is 0. The molecule has 0 radical (unpaired) electrons. The highest BCUT2D eigenvalue weighted by molar-refractivity contribution is 7.98. The Kier molecular flexibility index (Phi) is 3.87. The van der Waals surface area contributed by atoms with Crippen molar-refractivity contribution >= 4 is 11.8 Å². The molecule has 0 fully saturated rings. The third-order valence-corrected chi connectivity index (χ3v) is 3.24. The van der Waals surface area contributed by atoms with E-state index in [1.54, 1.807) is 0 Å². The average molecular weight is 260 g/mol. The molecule has 0 aliphatic carbocycles. The van der Waals surface area contributed by atoms with Crippen LogP contribution in [-0.4, -0.2) is 16.2 Å². The van der Waals surface area contributed by atoms with E-state index in [4.69, 9.17) is 4.74 Å². The van der Waals surface area contributed by atoms with E-state index in [1.165, 1.54) is 22.9 Å². The molecule has 0 aliphatic heterocycles. The summed E-state index contributed by atoms with van der Waals surface area (Å²) in [4.78, 5) is 8.63. The first-order valence-corrected chi connectivity index (χ1v) is 6.96. The van der Waals surface area contributed by atoms with Gasteiger partial charge in [0.05, 0.1) is 0 Å². The molecule has 0 saturated heterocycles. The van der Waals surface area contributed by atoms with Crippen LogP contribution >= 0.6 is 11.8 Å². The topological polar surface area (TPSA) is 35.0 Å². The quantitative estimate of drug-likeness (QED) is 0.619. The Hall–Kier alpha value is -1.55. The third kappa shape index (κ3) is 3.01. The number of aryl methyl sites for hydroxylation is 3. The van der Waals surface area contributed by atoms with Crippen LogP contribution in [0.5, 0.6) is 11.6 Å². The van der Waals surface area contributed by atoms with Gasteiger partial charge in [0.25, 0.3) is 0 Å². The lowest BCUT2D eigenvalue weighted by molar-refractivity contribution is 0.454. The standard InChI is InChI=1S/C14H16N2OS/c1-9-5-6-12(7-10(9)2)17-13-8-11(3)15-14(16-13)18-4/h5-8H,1-4H3. The molecule has 4 heteroatoms. The van der Waals surface area contributed by atoms with Gasteiger partial charge in [-0.05, 0) is 50.3 Å². The second kappa shape index (κ2) is 5.40. The minimum Gasteiger partial charge on any atom is -0.439 e. The van der Waals surface area contributed by atoms with Crippen LogP contribution in [0.1, 0.15) is 16.8 Å². The number of benzene rings is 1. The molecule has 0 N–H and O–H groups in total. The summed E-state index contributed by atoms with van der Waals surface area (Å²) in [5.41, 5.74) is 3.38. The van der Waals surface area contributed by atoms with Crippen LogP contribution in [-0.2, 0) is 0 Å². The molecule has 0 bridgehead atoms. The molecular weight excluding hydrogens is 244 g/mol. The monoisotopic (exact) mass is 260 g/mol. The molecule has 0 spiro atoms. The Balaban J connectivity index is 2.27. The third-order valence-electron chi connectivity index (χ3n) is 2.69. The molecule has 0 amide bonds. The van der Waals surface area contributed by atoms with Gasteiger partial charge in [0, 0.05) is 11.8 Å². The first-order chi connectivity index (χ1) is 8.58. The van der Waals surface area contributed by atoms with Gasteiger partial charge in [-0.1, -0.05) is 17.8 Å². The fourth-order valence-electron chi connectivity index (χ4n) is 1.56. The van der Waals surface area contributed by atoms with Gasteiger partial charge in [0.15, 0.2) is 5.16 Å². The number of rotatable bonds is 3. The van der Waals surface area contributed by atoms with Gasteiger partial charge in [-0.25, -0.2) is 4.98 Å². The molecule has 3 nitrogen and oxygen atoms in total. The summed E-state index contributed by atoms with van der Waals surface area (Å²) in [6.45, 7) is 6.09. The first kappa shape index (κ1) is 12.9. The van der Waals surface area contributed by atoms with Crippen molar-refractivity contribution in [3.8, 4) is 11.6 Å². The average Bonchev–Trinajstić information content (AvgIpc) is 2.33. The van der Waals surface area contributed by atoms with Gasteiger partial charge in [-0.2, -0.15) is 4.98 Å². The van der Waals surface area contributed by atoms with E-state index in [-0.39, 0.29) is 0 Å². The van der Waals surface area contributed by atoms with Crippen molar-refractivity contribution in [1.82, 2.24) is 9.97 Å². The van der Waals surface area contributed by atoms with Gasteiger partial charge < -0.3 is 4.74 Å². The Morgan fingerprint density at radius 3 is 2.44 bits per heavy atom. The molecule has 0 saturated carbocycles. The van der Waals surface area contributed by atoms with Crippen LogP contribution < -0.4 is 4.74 Å². The predicted octanol–water partition coefficient (Wildman–Crippen LogP) is 3.92. The molecular formula is C14H16N2OS. The predicted molar refractivity (Wildman–Crippen MR) is 74.5 cm³/mol. The van der Waals surface area contributed by atoms with Crippen molar-refractivity contribution in [3.05, 3.63) is 41.1 Å². The minimum absolute atomic E-state index is 0.593. The summed E-state index contributed by atoms with van der Waals surface area (Å²) in [5, 5.41) is 0.730. The molecule has 0 aliphatic rings. The molecule has 0 atom stereocenters. The van der Waals surface area contributed by atoms with Crippen LogP contribution in [0.2, 0.25) is 0 Å². The lowest BCUT2D eigenvalue weighted by Crippen LogP contribution is -1.94. The van der Waals surface area contributed by atoms with Crippen molar-refractivity contribution in [3.63, 3.8) is 0 Å². The van der Waals surface area contributed by atoms with Crippen molar-refractivity contribution in [2.75, 3.05) is 6.26 Å². The van der Waals surface area contributed by atoms with E-state index in [0.29, 0.717) is 5.88 Å². The normalized spacial score (nSPS) is 10.4. The van der Waals surface area contributed by atoms with Crippen molar-refractivity contribution in [2.24, 2.45) is 0 Å². The second-order valence-electron chi connectivity index (χ2n) is 4.18. The molecule has 18 heavy (non-hydrogen) atoms. The Morgan fingerprint density at radius 1 is 1.00 bits per heavy atom. The number of ether oxygens (including phenoxy) is 1. The maximum atomic E-state index is 5.77. The lowest BCUT2D eigenvalue weighted by Gasteiger charge is -2.08. The van der Waals surface area contributed by atoms with E-state index in [1.807, 2.05) is 37.4 Å². The maximum absolute atomic E-state index is 5.77. The summed E-state index contributed by atoms with van der Waals surface area (Å²) in [6.07, 6.45) is 1.95. The number of thioether (sulfide) groups is 1. The van der Waals surface area contributed by atoms with Crippen LogP contribution in [0.3, 0.4) is 0 Å². The molecule has 1 heterocycles. The van der Waals surface area contributed by atoms with Crippen LogP contribution in [0.15, 0.2) is 29.4 Å². The summed E-state index contributed by atoms with van der Waals surface area (Å²) >= 11 is 1.51. The second-order valence-corrected chi connectivity index (χ2v) is 4.96. The molecule has 2 aromatic rings. The number of hydrogen-bond donors (Lipinski definition) is 0. The van der Waals surface area contributed by atoms with E-state index in [0.717, 1.165) is 16.6 Å². The first-order valence-electron chi connectivity index (χ1n) is 5.73. The van der Waals surface area contributed by atoms with Crippen LogP contribution in [0.4, 0.5) is 0 Å². The highest BCUT2D eigenvalue weighted by atomic mass is 32.2. The fourth-order valence-corrected chi connectivity index (χ4v) is 1.97. The Bertz CT molecular complexity index is 570. The van der Waals surface area contributed by atoms with Crippen molar-refractivity contribution in [1.29, 1.82) is 0 Å². The zero-order valence-corrected chi connectivity index (χ0v) is 11.8. The van der Waals surface area contributed by atoms with Crippen LogP contribution in [0, 0.1) is 20.8 Å². The van der Waals surface area contributed by atoms with Gasteiger partial charge >= 0.3 is 0 Å². The summed E-state index contributed by atoms with van der Waals surface area (Å²) in [5.74, 6) is 1.40. The van der Waals surface area contributed by atoms with Crippen LogP contribution in [0.25, 0.3) is 0 Å². The fraction of sp³-hybridized carbons (Fsp3) is 0.286. The zero-order chi connectivity index (χ0) is 13.1. The molecule has 1 aromatic heterocycles. The number of aromatic nitrogens is 2. The molecule has 1 aromatic carbocycles. The lowest BCUT2D eigenvalue weighted by atomic mass is 10.1. The summed E-state index contributed by atoms with van der Waals surface area (Å²) < 4.78 is 5.77. The maximum Gasteiger partial charge on any atom is 0.223 e. The highest BCUT2D eigenvalue weighted by Crippen LogP contribution is 2.24. The van der Waals surface area contributed by atoms with Gasteiger partial charge in [-0.3, -0.25) is 0 Å². The molecule has 94 valence electrons. The van der Waals surface area contributed by atoms with Gasteiger partial charge in [0.2, 0.25) is 5.88 Å². The minimum atomic E-state index is 0.593. The van der Waals surface area contributed by atoms with Crippen molar-refractivity contribution < 1.29 is 4.74 Å². The number of hydrogen-bond acceptors (Lipinski definition) is 4. The van der Waals surface area contributed by atoms with E-state index in [9.17, 15) is 0 Å². The van der Waals surface area contributed by atoms with E-state index in [2.05, 4.69) is 23.8 Å². The smallest absolute Gasteiger partial charge is 0.223 e. The van der Waals surface area contributed by atoms with E-state index >= 15 is 0 Å². The Morgan fingerprint density at radius 2 is 1.78 bits per heavy atom. The molecule has 0 unspecified atom stereocenters. The van der Waals surface area contributed by atoms with Gasteiger partial charge in [-0.15, -0.1) is 0 Å². The largest absolute Gasteiger partial charge is 0.439 e. The Labute approximate surface area is 112 Å². The zero-order valence-electron chi connectivity index (χ0n) is 11.0. The van der Waals surface area contributed by atoms with Crippen molar-refractivity contribution in [2.45, 2.75) is 25.9 Å². The highest BCUT2D eigenvalue weighted by Gasteiger charge is 2.04. The van der Waals surface area contributed by atoms with E-state index < -0.39 is 0 Å². The number of nitrogens with zero attached hydrogens (tertiary/aromatic N) is 2. The summed E-state index contributed by atoms with van der Waals surface area (Å²) in [6, 6.07) is 7.87.